The Morgan fingerprint density at radius 2 is 2.00 bits per heavy atom. The minimum absolute atomic E-state index is 0.246. The third kappa shape index (κ3) is 3.68. The molecule has 1 N–H and O–H groups in total. The number of carbonyl (C=O) groups excluding carboxylic acids is 1. The lowest BCUT2D eigenvalue weighted by atomic mass is 10.2. The maximum absolute atomic E-state index is 12.6. The van der Waals surface area contributed by atoms with E-state index in [1.54, 1.807) is 24.9 Å². The standard InChI is InChI=1S/C18H17NO3S/c1-21-15-9-5-8-14(12-15)19-18(20)16-17(23-11-10-22-16)13-6-3-2-4-7-13/h2-9,12H,10-11H2,1H3,(H,19,20). The lowest BCUT2D eigenvalue weighted by Gasteiger charge is -2.20. The van der Waals surface area contributed by atoms with E-state index in [4.69, 9.17) is 9.47 Å². The van der Waals surface area contributed by atoms with Gasteiger partial charge in [-0.3, -0.25) is 4.79 Å². The highest BCUT2D eigenvalue weighted by molar-refractivity contribution is 8.08. The van der Waals surface area contributed by atoms with Crippen LogP contribution in [0.5, 0.6) is 5.75 Å². The molecule has 0 saturated heterocycles. The summed E-state index contributed by atoms with van der Waals surface area (Å²) in [5.74, 6) is 1.65. The maximum atomic E-state index is 12.6. The molecule has 1 amide bonds. The molecule has 0 unspecified atom stereocenters. The summed E-state index contributed by atoms with van der Waals surface area (Å²) >= 11 is 1.64. The summed E-state index contributed by atoms with van der Waals surface area (Å²) in [6.45, 7) is 0.530. The molecule has 0 spiro atoms. The fourth-order valence-electron chi connectivity index (χ4n) is 2.28. The molecule has 1 aliphatic rings. The van der Waals surface area contributed by atoms with E-state index in [2.05, 4.69) is 5.32 Å². The molecule has 0 aliphatic carbocycles. The number of hydrogen-bond acceptors (Lipinski definition) is 4. The number of ether oxygens (including phenoxy) is 2. The Labute approximate surface area is 139 Å². The number of carbonyl (C=O) groups is 1. The fourth-order valence-corrected chi connectivity index (χ4v) is 3.24. The van der Waals surface area contributed by atoms with Crippen LogP contribution in [0, 0.1) is 0 Å². The van der Waals surface area contributed by atoms with Gasteiger partial charge in [0.1, 0.15) is 5.75 Å². The third-order valence-electron chi connectivity index (χ3n) is 3.35. The molecule has 0 radical (unpaired) electrons. The lowest BCUT2D eigenvalue weighted by Crippen LogP contribution is -2.21. The smallest absolute Gasteiger partial charge is 0.291 e. The molecule has 0 fully saturated rings. The van der Waals surface area contributed by atoms with Gasteiger partial charge in [-0.1, -0.05) is 36.4 Å². The topological polar surface area (TPSA) is 47.6 Å². The maximum Gasteiger partial charge on any atom is 0.291 e. The van der Waals surface area contributed by atoms with Crippen LogP contribution in [0.2, 0.25) is 0 Å². The zero-order valence-corrected chi connectivity index (χ0v) is 13.6. The van der Waals surface area contributed by atoms with Crippen LogP contribution < -0.4 is 10.1 Å². The van der Waals surface area contributed by atoms with Crippen LogP contribution >= 0.6 is 11.8 Å². The van der Waals surface area contributed by atoms with Crippen LogP contribution in [0.1, 0.15) is 5.56 Å². The highest BCUT2D eigenvalue weighted by Crippen LogP contribution is 2.35. The van der Waals surface area contributed by atoms with Gasteiger partial charge in [-0.2, -0.15) is 0 Å². The molecular formula is C18H17NO3S. The Morgan fingerprint density at radius 1 is 1.17 bits per heavy atom. The number of nitrogens with one attached hydrogen (secondary N) is 1. The Hall–Kier alpha value is -2.40. The Balaban J connectivity index is 1.87. The summed E-state index contributed by atoms with van der Waals surface area (Å²) in [7, 11) is 1.60. The number of amides is 1. The van der Waals surface area contributed by atoms with Crippen molar-refractivity contribution in [3.63, 3.8) is 0 Å². The SMILES string of the molecule is COc1cccc(NC(=O)C2=C(c3ccccc3)SCCO2)c1. The summed E-state index contributed by atoms with van der Waals surface area (Å²) in [6.07, 6.45) is 0. The Bertz CT molecular complexity index is 728. The van der Waals surface area contributed by atoms with Crippen molar-refractivity contribution in [3.8, 4) is 5.75 Å². The molecule has 2 aromatic rings. The summed E-state index contributed by atoms with van der Waals surface area (Å²) < 4.78 is 10.8. The van der Waals surface area contributed by atoms with Crippen LogP contribution in [-0.2, 0) is 9.53 Å². The van der Waals surface area contributed by atoms with Gasteiger partial charge in [0.05, 0.1) is 18.6 Å². The molecule has 0 saturated carbocycles. The van der Waals surface area contributed by atoms with Crippen LogP contribution in [0.3, 0.4) is 0 Å². The van der Waals surface area contributed by atoms with Gasteiger partial charge in [0.15, 0.2) is 5.76 Å². The molecule has 3 rings (SSSR count). The van der Waals surface area contributed by atoms with Gasteiger partial charge in [-0.25, -0.2) is 0 Å². The van der Waals surface area contributed by atoms with Gasteiger partial charge >= 0.3 is 0 Å². The molecule has 0 aromatic heterocycles. The molecule has 5 heteroatoms. The van der Waals surface area contributed by atoms with Crippen LogP contribution in [0.4, 0.5) is 5.69 Å². The van der Waals surface area contributed by atoms with Crippen LogP contribution in [-0.4, -0.2) is 25.4 Å². The van der Waals surface area contributed by atoms with E-state index in [1.165, 1.54) is 0 Å². The first-order valence-corrected chi connectivity index (χ1v) is 8.27. The quantitative estimate of drug-likeness (QED) is 0.929. The normalized spacial score (nSPS) is 14.1. The van der Waals surface area contributed by atoms with Crippen molar-refractivity contribution in [1.82, 2.24) is 0 Å². The first-order valence-electron chi connectivity index (χ1n) is 7.28. The average Bonchev–Trinajstić information content (AvgIpc) is 2.62. The van der Waals surface area contributed by atoms with Crippen molar-refractivity contribution in [3.05, 3.63) is 65.9 Å². The first kappa shape index (κ1) is 15.5. The second-order valence-corrected chi connectivity index (χ2v) is 6.01. The first-order chi connectivity index (χ1) is 11.3. The predicted molar refractivity (Wildman–Crippen MR) is 93.4 cm³/mol. The van der Waals surface area contributed by atoms with Gasteiger partial charge in [0, 0.05) is 17.5 Å². The number of thioether (sulfide) groups is 1. The molecule has 23 heavy (non-hydrogen) atoms. The zero-order chi connectivity index (χ0) is 16.1. The molecular weight excluding hydrogens is 310 g/mol. The van der Waals surface area contributed by atoms with Crippen molar-refractivity contribution < 1.29 is 14.3 Å². The number of anilines is 1. The van der Waals surface area contributed by atoms with E-state index in [9.17, 15) is 4.79 Å². The number of rotatable bonds is 4. The minimum atomic E-state index is -0.246. The van der Waals surface area contributed by atoms with E-state index in [1.807, 2.05) is 48.5 Å². The van der Waals surface area contributed by atoms with E-state index in [0.29, 0.717) is 23.8 Å². The van der Waals surface area contributed by atoms with Gasteiger partial charge in [-0.05, 0) is 17.7 Å². The Morgan fingerprint density at radius 3 is 2.78 bits per heavy atom. The van der Waals surface area contributed by atoms with E-state index >= 15 is 0 Å². The number of hydrogen-bond donors (Lipinski definition) is 1. The van der Waals surface area contributed by atoms with Crippen molar-refractivity contribution in [2.75, 3.05) is 24.8 Å². The summed E-state index contributed by atoms with van der Waals surface area (Å²) in [6, 6.07) is 17.1. The van der Waals surface area contributed by atoms with Gasteiger partial charge in [-0.15, -0.1) is 11.8 Å². The molecule has 118 valence electrons. The van der Waals surface area contributed by atoms with Gasteiger partial charge in [0.25, 0.3) is 5.91 Å². The second kappa shape index (κ2) is 7.24. The summed E-state index contributed by atoms with van der Waals surface area (Å²) in [5, 5.41) is 2.87. The second-order valence-electron chi connectivity index (χ2n) is 4.91. The molecule has 4 nitrogen and oxygen atoms in total. The van der Waals surface area contributed by atoms with E-state index < -0.39 is 0 Å². The molecule has 1 heterocycles. The van der Waals surface area contributed by atoms with Crippen LogP contribution in [0.15, 0.2) is 60.4 Å². The van der Waals surface area contributed by atoms with Gasteiger partial charge in [0.2, 0.25) is 0 Å². The summed E-state index contributed by atoms with van der Waals surface area (Å²) in [5.41, 5.74) is 1.67. The average molecular weight is 327 g/mol. The third-order valence-corrected chi connectivity index (χ3v) is 4.43. The highest BCUT2D eigenvalue weighted by Gasteiger charge is 2.23. The molecule has 1 aliphatic heterocycles. The predicted octanol–water partition coefficient (Wildman–Crippen LogP) is 3.77. The number of benzene rings is 2. The lowest BCUT2D eigenvalue weighted by molar-refractivity contribution is -0.115. The molecule has 0 bridgehead atoms. The van der Waals surface area contributed by atoms with Gasteiger partial charge < -0.3 is 14.8 Å². The Kier molecular flexibility index (Phi) is 4.88. The van der Waals surface area contributed by atoms with Crippen LogP contribution in [0.25, 0.3) is 4.91 Å². The molecule has 0 atom stereocenters. The van der Waals surface area contributed by atoms with Crippen molar-refractivity contribution >= 4 is 28.3 Å². The van der Waals surface area contributed by atoms with Crippen molar-refractivity contribution in [2.45, 2.75) is 0 Å². The van der Waals surface area contributed by atoms with Crippen molar-refractivity contribution in [2.24, 2.45) is 0 Å². The monoisotopic (exact) mass is 327 g/mol. The fraction of sp³-hybridized carbons (Fsp3) is 0.167. The largest absolute Gasteiger partial charge is 0.497 e. The highest BCUT2D eigenvalue weighted by atomic mass is 32.2. The molecule has 2 aromatic carbocycles. The van der Waals surface area contributed by atoms with E-state index in [0.717, 1.165) is 16.2 Å². The summed E-state index contributed by atoms with van der Waals surface area (Å²) in [4.78, 5) is 13.5. The number of methoxy groups -OCH3 is 1. The minimum Gasteiger partial charge on any atom is -0.497 e. The zero-order valence-electron chi connectivity index (χ0n) is 12.7. The van der Waals surface area contributed by atoms with Crippen molar-refractivity contribution in [1.29, 1.82) is 0 Å². The van der Waals surface area contributed by atoms with E-state index in [-0.39, 0.29) is 5.91 Å².